The summed E-state index contributed by atoms with van der Waals surface area (Å²) in [7, 11) is 2.10. The number of nitrogens with zero attached hydrogens (tertiary/aromatic N) is 1. The lowest BCUT2D eigenvalue weighted by atomic mass is 9.90. The van der Waals surface area contributed by atoms with E-state index in [1.165, 1.54) is 5.47 Å². The topological polar surface area (TPSA) is 29.5 Å². The van der Waals surface area contributed by atoms with Crippen LogP contribution in [0.1, 0.15) is 34.1 Å². The lowest BCUT2D eigenvalue weighted by Gasteiger charge is -2.33. The van der Waals surface area contributed by atoms with E-state index in [2.05, 4.69) is 27.8 Å². The molecule has 0 saturated carbocycles. The summed E-state index contributed by atoms with van der Waals surface area (Å²) < 4.78 is 5.53. The van der Waals surface area contributed by atoms with Gasteiger partial charge in [0.15, 0.2) is 0 Å². The number of carbonyl (C=O) groups excluding carboxylic acids is 1. The normalized spacial score (nSPS) is 17.3. The first-order chi connectivity index (χ1) is 7.33. The summed E-state index contributed by atoms with van der Waals surface area (Å²) in [4.78, 5) is 13.7. The molecule has 0 fully saturated rings. The molecule has 4 heteroatoms. The molecule has 90 valence electrons. The molecule has 0 aromatic heterocycles. The molecule has 0 atom stereocenters. The SMILES string of the molecule is BC1=CCN(C(=O)OC(C)(C)C(C)C)CC1. The maximum absolute atomic E-state index is 11.9. The van der Waals surface area contributed by atoms with Crippen LogP contribution >= 0.6 is 0 Å². The molecule has 1 aliphatic heterocycles. The molecule has 0 unspecified atom stereocenters. The van der Waals surface area contributed by atoms with Gasteiger partial charge in [0.1, 0.15) is 13.4 Å². The van der Waals surface area contributed by atoms with Crippen LogP contribution in [-0.4, -0.2) is 37.5 Å². The predicted molar refractivity (Wildman–Crippen MR) is 68.2 cm³/mol. The molecule has 1 heterocycles. The van der Waals surface area contributed by atoms with Gasteiger partial charge in [-0.15, -0.1) is 5.47 Å². The van der Waals surface area contributed by atoms with Gasteiger partial charge in [-0.2, -0.15) is 0 Å². The summed E-state index contributed by atoms with van der Waals surface area (Å²) in [5.41, 5.74) is 0.958. The van der Waals surface area contributed by atoms with Gasteiger partial charge < -0.3 is 9.64 Å². The van der Waals surface area contributed by atoms with Crippen molar-refractivity contribution in [1.82, 2.24) is 4.90 Å². The van der Waals surface area contributed by atoms with Crippen LogP contribution in [0.15, 0.2) is 11.5 Å². The highest BCUT2D eigenvalue weighted by Gasteiger charge is 2.29. The van der Waals surface area contributed by atoms with Crippen LogP contribution in [0.5, 0.6) is 0 Å². The molecular weight excluding hydrogens is 201 g/mol. The zero-order chi connectivity index (χ0) is 12.3. The van der Waals surface area contributed by atoms with Crippen LogP contribution in [0.3, 0.4) is 0 Å². The monoisotopic (exact) mass is 223 g/mol. The predicted octanol–water partition coefficient (Wildman–Crippen LogP) is 1.78. The minimum Gasteiger partial charge on any atom is -0.443 e. The third kappa shape index (κ3) is 3.29. The van der Waals surface area contributed by atoms with E-state index in [4.69, 9.17) is 4.74 Å². The highest BCUT2D eigenvalue weighted by Crippen LogP contribution is 2.22. The van der Waals surface area contributed by atoms with E-state index < -0.39 is 5.60 Å². The van der Waals surface area contributed by atoms with Gasteiger partial charge in [0, 0.05) is 13.1 Å². The highest BCUT2D eigenvalue weighted by atomic mass is 16.6. The zero-order valence-electron chi connectivity index (χ0n) is 11.0. The Labute approximate surface area is 99.2 Å². The van der Waals surface area contributed by atoms with Gasteiger partial charge in [-0.25, -0.2) is 4.79 Å². The van der Waals surface area contributed by atoms with Crippen molar-refractivity contribution in [2.24, 2.45) is 5.92 Å². The summed E-state index contributed by atoms with van der Waals surface area (Å²) in [5.74, 6) is 0.318. The van der Waals surface area contributed by atoms with E-state index in [-0.39, 0.29) is 6.09 Å². The van der Waals surface area contributed by atoms with E-state index >= 15 is 0 Å². The Morgan fingerprint density at radius 3 is 2.62 bits per heavy atom. The molecule has 0 bridgehead atoms. The van der Waals surface area contributed by atoms with Gasteiger partial charge in [-0.05, 0) is 26.2 Å². The highest BCUT2D eigenvalue weighted by molar-refractivity contribution is 6.21. The molecular formula is C12H22BNO2. The maximum Gasteiger partial charge on any atom is 0.410 e. The molecule has 0 aliphatic carbocycles. The Bertz CT molecular complexity index is 297. The second-order valence-electron chi connectivity index (χ2n) is 5.37. The lowest BCUT2D eigenvalue weighted by Crippen LogP contribution is -2.42. The fraction of sp³-hybridized carbons (Fsp3) is 0.750. The lowest BCUT2D eigenvalue weighted by molar-refractivity contribution is -0.0137. The molecule has 1 aliphatic rings. The Morgan fingerprint density at radius 1 is 1.56 bits per heavy atom. The van der Waals surface area contributed by atoms with Gasteiger partial charge in [0.05, 0.1) is 0 Å². The maximum atomic E-state index is 11.9. The fourth-order valence-electron chi connectivity index (χ4n) is 1.34. The van der Waals surface area contributed by atoms with Crippen molar-refractivity contribution in [1.29, 1.82) is 0 Å². The molecule has 0 saturated heterocycles. The van der Waals surface area contributed by atoms with Crippen LogP contribution < -0.4 is 0 Å². The van der Waals surface area contributed by atoms with E-state index in [1.807, 2.05) is 13.8 Å². The minimum atomic E-state index is -0.396. The average Bonchev–Trinajstić information content (AvgIpc) is 2.17. The molecule has 0 aromatic carbocycles. The van der Waals surface area contributed by atoms with Crippen LogP contribution in [0.2, 0.25) is 0 Å². The Balaban J connectivity index is 2.54. The molecule has 16 heavy (non-hydrogen) atoms. The standard InChI is InChI=1S/C12H22BNO2/c1-9(2)12(3,4)16-11(15)14-7-5-10(13)6-8-14/h5,9H,6-8,13H2,1-4H3. The van der Waals surface area contributed by atoms with Crippen LogP contribution in [0.4, 0.5) is 4.79 Å². The third-order valence-corrected chi connectivity index (χ3v) is 3.44. The number of ether oxygens (including phenoxy) is 1. The minimum absolute atomic E-state index is 0.192. The second kappa shape index (κ2) is 4.94. The quantitative estimate of drug-likeness (QED) is 0.668. The van der Waals surface area contributed by atoms with Crippen LogP contribution in [-0.2, 0) is 4.74 Å². The van der Waals surface area contributed by atoms with Gasteiger partial charge in [-0.3, -0.25) is 0 Å². The smallest absolute Gasteiger partial charge is 0.410 e. The number of hydrogen-bond donors (Lipinski definition) is 0. The molecule has 0 radical (unpaired) electrons. The number of rotatable bonds is 2. The summed E-state index contributed by atoms with van der Waals surface area (Å²) in [6, 6.07) is 0. The fourth-order valence-corrected chi connectivity index (χ4v) is 1.34. The van der Waals surface area contributed by atoms with Crippen molar-refractivity contribution in [3.63, 3.8) is 0 Å². The van der Waals surface area contributed by atoms with Crippen LogP contribution in [0, 0.1) is 5.92 Å². The van der Waals surface area contributed by atoms with Crippen molar-refractivity contribution in [3.05, 3.63) is 11.5 Å². The van der Waals surface area contributed by atoms with Crippen molar-refractivity contribution >= 4 is 13.9 Å². The Kier molecular flexibility index (Phi) is 4.06. The molecule has 3 nitrogen and oxygen atoms in total. The number of carbonyl (C=O) groups is 1. The van der Waals surface area contributed by atoms with Gasteiger partial charge in [0.2, 0.25) is 0 Å². The van der Waals surface area contributed by atoms with E-state index in [1.54, 1.807) is 4.90 Å². The second-order valence-corrected chi connectivity index (χ2v) is 5.37. The first-order valence-electron chi connectivity index (χ1n) is 5.96. The number of amides is 1. The Morgan fingerprint density at radius 2 is 2.19 bits per heavy atom. The third-order valence-electron chi connectivity index (χ3n) is 3.44. The number of hydrogen-bond acceptors (Lipinski definition) is 2. The Hall–Kier alpha value is -0.925. The van der Waals surface area contributed by atoms with E-state index in [9.17, 15) is 4.79 Å². The van der Waals surface area contributed by atoms with Gasteiger partial charge in [0.25, 0.3) is 0 Å². The van der Waals surface area contributed by atoms with Crippen molar-refractivity contribution in [2.75, 3.05) is 13.1 Å². The zero-order valence-corrected chi connectivity index (χ0v) is 11.0. The van der Waals surface area contributed by atoms with E-state index in [0.717, 1.165) is 13.0 Å². The molecule has 0 spiro atoms. The van der Waals surface area contributed by atoms with Gasteiger partial charge >= 0.3 is 6.09 Å². The molecule has 1 amide bonds. The van der Waals surface area contributed by atoms with Crippen molar-refractivity contribution in [3.8, 4) is 0 Å². The molecule has 1 rings (SSSR count). The molecule has 0 N–H and O–H groups in total. The summed E-state index contributed by atoms with van der Waals surface area (Å²) in [5, 5.41) is 0. The first-order valence-corrected chi connectivity index (χ1v) is 5.96. The molecule has 0 aromatic rings. The van der Waals surface area contributed by atoms with E-state index in [0.29, 0.717) is 12.5 Å². The van der Waals surface area contributed by atoms with Crippen molar-refractivity contribution in [2.45, 2.75) is 39.7 Å². The summed E-state index contributed by atoms with van der Waals surface area (Å²) in [6.45, 7) is 9.50. The largest absolute Gasteiger partial charge is 0.443 e. The van der Waals surface area contributed by atoms with Crippen LogP contribution in [0.25, 0.3) is 0 Å². The van der Waals surface area contributed by atoms with Crippen molar-refractivity contribution < 1.29 is 9.53 Å². The summed E-state index contributed by atoms with van der Waals surface area (Å²) in [6.07, 6.45) is 2.85. The average molecular weight is 223 g/mol. The summed E-state index contributed by atoms with van der Waals surface area (Å²) >= 11 is 0. The first kappa shape index (κ1) is 13.1. The van der Waals surface area contributed by atoms with Gasteiger partial charge in [-0.1, -0.05) is 19.9 Å².